The van der Waals surface area contributed by atoms with E-state index in [4.69, 9.17) is 4.74 Å². The largest absolute Gasteiger partial charge is 0.466 e. The maximum absolute atomic E-state index is 12.1. The molecule has 0 unspecified atom stereocenters. The van der Waals surface area contributed by atoms with Crippen molar-refractivity contribution in [3.63, 3.8) is 0 Å². The van der Waals surface area contributed by atoms with Gasteiger partial charge in [-0.05, 0) is 46.9 Å². The molecule has 22 heavy (non-hydrogen) atoms. The zero-order valence-electron chi connectivity index (χ0n) is 13.6. The summed E-state index contributed by atoms with van der Waals surface area (Å²) in [6.45, 7) is 9.20. The molecule has 0 aromatic carbocycles. The first-order valence-corrected chi connectivity index (χ1v) is 12.4. The smallest absolute Gasteiger partial charge is 0.309 e. The molecule has 0 amide bonds. The number of ether oxygens (including phenoxy) is 1. The van der Waals surface area contributed by atoms with Gasteiger partial charge in [-0.2, -0.15) is 0 Å². The summed E-state index contributed by atoms with van der Waals surface area (Å²) in [4.78, 5) is 18.8. The number of carbonyl (C=O) groups excluding carboxylic acids is 1. The van der Waals surface area contributed by atoms with Gasteiger partial charge in [-0.15, -0.1) is 0 Å². The maximum Gasteiger partial charge on any atom is 0.309 e. The molecule has 2 rings (SSSR count). The number of aromatic nitrogens is 1. The van der Waals surface area contributed by atoms with Crippen LogP contribution in [-0.2, 0) is 9.53 Å². The molecule has 122 valence electrons. The first-order chi connectivity index (χ1) is 10.3. The van der Waals surface area contributed by atoms with Gasteiger partial charge >= 0.3 is 5.97 Å². The minimum atomic E-state index is -1.13. The van der Waals surface area contributed by atoms with E-state index in [1.165, 1.54) is 0 Å². The molecule has 0 N–H and O–H groups in total. The summed E-state index contributed by atoms with van der Waals surface area (Å²) in [5, 5.41) is 0. The van der Waals surface area contributed by atoms with E-state index in [9.17, 15) is 4.79 Å². The molecule has 4 nitrogen and oxygen atoms in total. The number of nitrogens with zero attached hydrogens (tertiary/aromatic N) is 2. The fraction of sp³-hybridized carbons (Fsp3) is 0.625. The number of carbonyl (C=O) groups is 1. The van der Waals surface area contributed by atoms with Gasteiger partial charge in [0.1, 0.15) is 5.82 Å². The molecular weight excluding hydrogens is 360 g/mol. The van der Waals surface area contributed by atoms with Crippen LogP contribution in [0.1, 0.15) is 12.8 Å². The lowest BCUT2D eigenvalue weighted by atomic mass is 9.97. The van der Waals surface area contributed by atoms with E-state index in [2.05, 4.69) is 45.5 Å². The summed E-state index contributed by atoms with van der Waals surface area (Å²) in [7, 11) is -1.13. The van der Waals surface area contributed by atoms with Gasteiger partial charge in [0.2, 0.25) is 0 Å². The summed E-state index contributed by atoms with van der Waals surface area (Å²) < 4.78 is 6.45. The average Bonchev–Trinajstić information content (AvgIpc) is 2.47. The van der Waals surface area contributed by atoms with Gasteiger partial charge in [-0.3, -0.25) is 4.79 Å². The Hall–Kier alpha value is -0.883. The van der Waals surface area contributed by atoms with Gasteiger partial charge in [0.25, 0.3) is 0 Å². The van der Waals surface area contributed by atoms with Crippen molar-refractivity contribution in [2.45, 2.75) is 38.5 Å². The Balaban J connectivity index is 1.77. The van der Waals surface area contributed by atoms with E-state index >= 15 is 0 Å². The molecule has 1 saturated heterocycles. The van der Waals surface area contributed by atoms with E-state index in [1.54, 1.807) is 0 Å². The van der Waals surface area contributed by atoms with Crippen LogP contribution in [0.4, 0.5) is 5.82 Å². The number of esters is 1. The first-order valence-electron chi connectivity index (χ1n) is 7.88. The van der Waals surface area contributed by atoms with Gasteiger partial charge in [0.15, 0.2) is 0 Å². The molecule has 0 bridgehead atoms. The molecule has 0 radical (unpaired) electrons. The van der Waals surface area contributed by atoms with Crippen LogP contribution in [0.5, 0.6) is 0 Å². The number of anilines is 1. The summed E-state index contributed by atoms with van der Waals surface area (Å²) >= 11 is 3.40. The molecule has 0 saturated carbocycles. The lowest BCUT2D eigenvalue weighted by Crippen LogP contribution is -2.37. The topological polar surface area (TPSA) is 42.4 Å². The normalized spacial score (nSPS) is 16.6. The Kier molecular flexibility index (Phi) is 6.03. The van der Waals surface area contributed by atoms with Gasteiger partial charge < -0.3 is 9.64 Å². The van der Waals surface area contributed by atoms with Gasteiger partial charge in [-0.25, -0.2) is 4.98 Å². The summed E-state index contributed by atoms with van der Waals surface area (Å²) in [5.74, 6) is 1.02. The van der Waals surface area contributed by atoms with Crippen molar-refractivity contribution >= 4 is 35.8 Å². The minimum absolute atomic E-state index is 0.0123. The monoisotopic (exact) mass is 384 g/mol. The predicted molar refractivity (Wildman–Crippen MR) is 96.0 cm³/mol. The summed E-state index contributed by atoms with van der Waals surface area (Å²) in [6, 6.07) is 5.05. The van der Waals surface area contributed by atoms with Crippen molar-refractivity contribution in [1.29, 1.82) is 0 Å². The van der Waals surface area contributed by atoms with Crippen LogP contribution in [0.25, 0.3) is 0 Å². The second-order valence-electron chi connectivity index (χ2n) is 7.07. The molecule has 2 heterocycles. The third kappa shape index (κ3) is 5.39. The van der Waals surface area contributed by atoms with E-state index in [-0.39, 0.29) is 11.9 Å². The van der Waals surface area contributed by atoms with Crippen LogP contribution in [0.2, 0.25) is 25.7 Å². The van der Waals surface area contributed by atoms with Crippen LogP contribution in [0.3, 0.4) is 0 Å². The Morgan fingerprint density at radius 1 is 1.36 bits per heavy atom. The molecular formula is C16H25BrN2O2Si. The zero-order chi connectivity index (χ0) is 16.2. The molecule has 1 aromatic rings. The highest BCUT2D eigenvalue weighted by Crippen LogP contribution is 2.23. The van der Waals surface area contributed by atoms with Crippen LogP contribution < -0.4 is 4.90 Å². The van der Waals surface area contributed by atoms with Crippen molar-refractivity contribution in [2.75, 3.05) is 24.6 Å². The van der Waals surface area contributed by atoms with Gasteiger partial charge in [0, 0.05) is 31.8 Å². The minimum Gasteiger partial charge on any atom is -0.466 e. The highest BCUT2D eigenvalue weighted by Gasteiger charge is 2.27. The Morgan fingerprint density at radius 2 is 2.05 bits per heavy atom. The number of rotatable bonds is 5. The number of hydrogen-bond acceptors (Lipinski definition) is 4. The van der Waals surface area contributed by atoms with Crippen LogP contribution >= 0.6 is 15.9 Å². The Bertz CT molecular complexity index is 494. The van der Waals surface area contributed by atoms with Crippen molar-refractivity contribution in [2.24, 2.45) is 5.92 Å². The summed E-state index contributed by atoms with van der Waals surface area (Å²) in [5.41, 5.74) is 0. The highest BCUT2D eigenvalue weighted by atomic mass is 79.9. The van der Waals surface area contributed by atoms with E-state index < -0.39 is 8.07 Å². The number of pyridine rings is 1. The fourth-order valence-electron chi connectivity index (χ4n) is 2.48. The molecule has 6 heteroatoms. The predicted octanol–water partition coefficient (Wildman–Crippen LogP) is 3.94. The highest BCUT2D eigenvalue weighted by molar-refractivity contribution is 9.10. The second-order valence-corrected chi connectivity index (χ2v) is 13.6. The van der Waals surface area contributed by atoms with Gasteiger partial charge in [-0.1, -0.05) is 19.6 Å². The lowest BCUT2D eigenvalue weighted by molar-refractivity contribution is -0.148. The zero-order valence-corrected chi connectivity index (χ0v) is 16.2. The Morgan fingerprint density at radius 3 is 2.59 bits per heavy atom. The van der Waals surface area contributed by atoms with E-state index in [0.29, 0.717) is 6.61 Å². The molecule has 1 aliphatic heterocycles. The van der Waals surface area contributed by atoms with E-state index in [0.717, 1.165) is 42.3 Å². The van der Waals surface area contributed by atoms with Crippen molar-refractivity contribution in [3.05, 3.63) is 22.8 Å². The standard InChI is InChI=1S/C16H25BrN2O2Si/c1-22(2,3)11-10-21-16(20)13-6-8-19(9-7-13)15-5-4-14(17)12-18-15/h4-5,12-13H,6-11H2,1-3H3. The van der Waals surface area contributed by atoms with Crippen LogP contribution in [0.15, 0.2) is 22.8 Å². The third-order valence-corrected chi connectivity index (χ3v) is 6.13. The number of piperidine rings is 1. The SMILES string of the molecule is C[Si](C)(C)CCOC(=O)C1CCN(c2ccc(Br)cn2)CC1. The molecule has 0 atom stereocenters. The van der Waals surface area contributed by atoms with Crippen LogP contribution in [0, 0.1) is 5.92 Å². The molecule has 1 fully saturated rings. The maximum atomic E-state index is 12.1. The first kappa shape index (κ1) is 17.5. The Labute approximate surface area is 142 Å². The van der Waals surface area contributed by atoms with E-state index in [1.807, 2.05) is 18.3 Å². The second kappa shape index (κ2) is 7.59. The van der Waals surface area contributed by atoms with Gasteiger partial charge in [0.05, 0.1) is 12.5 Å². The van der Waals surface area contributed by atoms with Crippen molar-refractivity contribution in [1.82, 2.24) is 4.98 Å². The average molecular weight is 385 g/mol. The molecule has 1 aliphatic rings. The quantitative estimate of drug-likeness (QED) is 0.569. The fourth-order valence-corrected chi connectivity index (χ4v) is 3.42. The van der Waals surface area contributed by atoms with Crippen molar-refractivity contribution in [3.8, 4) is 0 Å². The molecule has 0 spiro atoms. The summed E-state index contributed by atoms with van der Waals surface area (Å²) in [6.07, 6.45) is 3.51. The van der Waals surface area contributed by atoms with Crippen molar-refractivity contribution < 1.29 is 9.53 Å². The number of hydrogen-bond donors (Lipinski definition) is 0. The molecule has 1 aromatic heterocycles. The lowest BCUT2D eigenvalue weighted by Gasteiger charge is -2.31. The number of halogens is 1. The third-order valence-electron chi connectivity index (χ3n) is 3.96. The molecule has 0 aliphatic carbocycles. The van der Waals surface area contributed by atoms with Crippen LogP contribution in [-0.4, -0.2) is 38.7 Å².